The number of aryl methyl sites for hydroxylation is 1. The molecule has 0 radical (unpaired) electrons. The van der Waals surface area contributed by atoms with Crippen LogP contribution in [0.25, 0.3) is 0 Å². The molecule has 0 heterocycles. The first-order chi connectivity index (χ1) is 7.22. The third kappa shape index (κ3) is 1.97. The summed E-state index contributed by atoms with van der Waals surface area (Å²) in [6.45, 7) is 0. The van der Waals surface area contributed by atoms with Crippen molar-refractivity contribution in [1.29, 1.82) is 0 Å². The van der Waals surface area contributed by atoms with Gasteiger partial charge in [0, 0.05) is 0 Å². The molecule has 1 amide bonds. The van der Waals surface area contributed by atoms with Crippen molar-refractivity contribution in [2.75, 3.05) is 11.2 Å². The Morgan fingerprint density at radius 1 is 1.47 bits per heavy atom. The van der Waals surface area contributed by atoms with Gasteiger partial charge < -0.3 is 5.32 Å². The van der Waals surface area contributed by atoms with Crippen molar-refractivity contribution in [1.82, 2.24) is 0 Å². The van der Waals surface area contributed by atoms with Crippen molar-refractivity contribution in [3.05, 3.63) is 29.1 Å². The smallest absolute Gasteiger partial charge is 0.239 e. The molecule has 0 aliphatic heterocycles. The standard InChI is InChI=1S/C11H11ClFNO/c12-6-10(15)14-9-5-4-7-2-1-3-8(7)11(9)13/h4-5H,1-3,6H2,(H,14,15). The maximum Gasteiger partial charge on any atom is 0.239 e. The fourth-order valence-corrected chi connectivity index (χ4v) is 1.97. The maximum absolute atomic E-state index is 13.8. The van der Waals surface area contributed by atoms with Crippen molar-refractivity contribution in [3.63, 3.8) is 0 Å². The van der Waals surface area contributed by atoms with E-state index in [1.807, 2.05) is 6.07 Å². The number of alkyl halides is 1. The van der Waals surface area contributed by atoms with Gasteiger partial charge in [0.2, 0.25) is 5.91 Å². The van der Waals surface area contributed by atoms with Crippen LogP contribution in [0.1, 0.15) is 17.5 Å². The Labute approximate surface area is 92.4 Å². The minimum absolute atomic E-state index is 0.156. The van der Waals surface area contributed by atoms with Crippen LogP contribution in [0.2, 0.25) is 0 Å². The summed E-state index contributed by atoms with van der Waals surface area (Å²) in [6.07, 6.45) is 2.67. The van der Waals surface area contributed by atoms with E-state index in [4.69, 9.17) is 11.6 Å². The highest BCUT2D eigenvalue weighted by Crippen LogP contribution is 2.29. The summed E-state index contributed by atoms with van der Waals surface area (Å²) in [5, 5.41) is 2.44. The molecule has 0 fully saturated rings. The molecule has 4 heteroatoms. The summed E-state index contributed by atoms with van der Waals surface area (Å²) in [5.41, 5.74) is 2.03. The number of fused-ring (bicyclic) bond motifs is 1. The zero-order chi connectivity index (χ0) is 10.8. The van der Waals surface area contributed by atoms with E-state index in [9.17, 15) is 9.18 Å². The second kappa shape index (κ2) is 4.19. The van der Waals surface area contributed by atoms with Gasteiger partial charge in [-0.3, -0.25) is 4.79 Å². The average Bonchev–Trinajstić information content (AvgIpc) is 2.70. The highest BCUT2D eigenvalue weighted by Gasteiger charge is 2.18. The van der Waals surface area contributed by atoms with Gasteiger partial charge in [-0.25, -0.2) is 4.39 Å². The molecule has 1 N–H and O–H groups in total. The first kappa shape index (κ1) is 10.4. The molecule has 1 aromatic carbocycles. The second-order valence-corrected chi connectivity index (χ2v) is 3.87. The van der Waals surface area contributed by atoms with E-state index in [0.717, 1.165) is 30.4 Å². The van der Waals surface area contributed by atoms with Gasteiger partial charge in [-0.2, -0.15) is 0 Å². The molecule has 0 saturated heterocycles. The van der Waals surface area contributed by atoms with Crippen LogP contribution in [-0.4, -0.2) is 11.8 Å². The predicted octanol–water partition coefficient (Wildman–Crippen LogP) is 2.49. The molecule has 0 bridgehead atoms. The van der Waals surface area contributed by atoms with Gasteiger partial charge in [0.05, 0.1) is 5.69 Å². The number of hydrogen-bond acceptors (Lipinski definition) is 1. The third-order valence-corrected chi connectivity index (χ3v) is 2.85. The van der Waals surface area contributed by atoms with E-state index in [0.29, 0.717) is 0 Å². The molecule has 15 heavy (non-hydrogen) atoms. The Balaban J connectivity index is 2.30. The highest BCUT2D eigenvalue weighted by atomic mass is 35.5. The van der Waals surface area contributed by atoms with Gasteiger partial charge in [-0.1, -0.05) is 6.07 Å². The highest BCUT2D eigenvalue weighted by molar-refractivity contribution is 6.29. The number of rotatable bonds is 2. The van der Waals surface area contributed by atoms with Crippen LogP contribution in [0, 0.1) is 5.82 Å². The number of hydrogen-bond donors (Lipinski definition) is 1. The van der Waals surface area contributed by atoms with E-state index >= 15 is 0 Å². The molecule has 2 rings (SSSR count). The van der Waals surface area contributed by atoms with Crippen molar-refractivity contribution in [2.24, 2.45) is 0 Å². The molecular formula is C11H11ClFNO. The molecule has 0 unspecified atom stereocenters. The lowest BCUT2D eigenvalue weighted by molar-refractivity contribution is -0.113. The number of anilines is 1. The second-order valence-electron chi connectivity index (χ2n) is 3.60. The largest absolute Gasteiger partial charge is 0.323 e. The molecule has 0 aromatic heterocycles. The molecule has 2 nitrogen and oxygen atoms in total. The monoisotopic (exact) mass is 227 g/mol. The van der Waals surface area contributed by atoms with E-state index in [-0.39, 0.29) is 23.3 Å². The van der Waals surface area contributed by atoms with E-state index in [1.54, 1.807) is 6.07 Å². The Morgan fingerprint density at radius 3 is 3.00 bits per heavy atom. The summed E-state index contributed by atoms with van der Waals surface area (Å²) >= 11 is 5.34. The van der Waals surface area contributed by atoms with Gasteiger partial charge in [0.1, 0.15) is 11.7 Å². The van der Waals surface area contributed by atoms with E-state index in [2.05, 4.69) is 5.32 Å². The van der Waals surface area contributed by atoms with Gasteiger partial charge in [-0.05, 0) is 36.5 Å². The fraction of sp³-hybridized carbons (Fsp3) is 0.364. The summed E-state index contributed by atoms with van der Waals surface area (Å²) in [6, 6.07) is 3.47. The SMILES string of the molecule is O=C(CCl)Nc1ccc2c(c1F)CCC2. The van der Waals surface area contributed by atoms with Crippen LogP contribution in [0.15, 0.2) is 12.1 Å². The van der Waals surface area contributed by atoms with Crippen LogP contribution >= 0.6 is 11.6 Å². The third-order valence-electron chi connectivity index (χ3n) is 2.61. The van der Waals surface area contributed by atoms with Gasteiger partial charge in [0.15, 0.2) is 0 Å². The molecule has 1 aromatic rings. The minimum atomic E-state index is -0.381. The number of amides is 1. The number of benzene rings is 1. The molecule has 80 valence electrons. The number of halogens is 2. The van der Waals surface area contributed by atoms with Gasteiger partial charge in [-0.15, -0.1) is 11.6 Å². The first-order valence-electron chi connectivity index (χ1n) is 4.88. The molecular weight excluding hydrogens is 217 g/mol. The Kier molecular flexibility index (Phi) is 2.91. The summed E-state index contributed by atoms with van der Waals surface area (Å²) in [4.78, 5) is 11.0. The lowest BCUT2D eigenvalue weighted by Gasteiger charge is -2.08. The van der Waals surface area contributed by atoms with Gasteiger partial charge >= 0.3 is 0 Å². The maximum atomic E-state index is 13.8. The van der Waals surface area contributed by atoms with Crippen molar-refractivity contribution in [3.8, 4) is 0 Å². The van der Waals surface area contributed by atoms with Crippen LogP contribution in [0.4, 0.5) is 10.1 Å². The minimum Gasteiger partial charge on any atom is -0.323 e. The summed E-state index contributed by atoms with van der Waals surface area (Å²) in [7, 11) is 0. The van der Waals surface area contributed by atoms with E-state index < -0.39 is 0 Å². The number of nitrogens with one attached hydrogen (secondary N) is 1. The van der Waals surface area contributed by atoms with Crippen molar-refractivity contribution >= 4 is 23.2 Å². The normalized spacial score (nSPS) is 13.7. The van der Waals surface area contributed by atoms with Crippen LogP contribution in [0.3, 0.4) is 0 Å². The van der Waals surface area contributed by atoms with Crippen molar-refractivity contribution in [2.45, 2.75) is 19.3 Å². The molecule has 0 saturated carbocycles. The first-order valence-corrected chi connectivity index (χ1v) is 5.42. The van der Waals surface area contributed by atoms with Gasteiger partial charge in [0.25, 0.3) is 0 Å². The zero-order valence-corrected chi connectivity index (χ0v) is 8.90. The Bertz CT molecular complexity index is 406. The quantitative estimate of drug-likeness (QED) is 0.773. The number of carbonyl (C=O) groups excluding carboxylic acids is 1. The van der Waals surface area contributed by atoms with E-state index in [1.165, 1.54) is 0 Å². The zero-order valence-electron chi connectivity index (χ0n) is 8.15. The lowest BCUT2D eigenvalue weighted by Crippen LogP contribution is -2.14. The number of carbonyl (C=O) groups is 1. The Hall–Kier alpha value is -1.09. The molecule has 0 spiro atoms. The topological polar surface area (TPSA) is 29.1 Å². The fourth-order valence-electron chi connectivity index (χ4n) is 1.90. The summed E-state index contributed by atoms with van der Waals surface area (Å²) in [5.74, 6) is -0.840. The molecule has 1 aliphatic rings. The van der Waals surface area contributed by atoms with Crippen LogP contribution in [-0.2, 0) is 17.6 Å². The Morgan fingerprint density at radius 2 is 2.27 bits per heavy atom. The molecule has 0 atom stereocenters. The summed E-state index contributed by atoms with van der Waals surface area (Å²) < 4.78 is 13.8. The lowest BCUT2D eigenvalue weighted by atomic mass is 10.1. The average molecular weight is 228 g/mol. The predicted molar refractivity (Wildman–Crippen MR) is 57.8 cm³/mol. The van der Waals surface area contributed by atoms with Crippen LogP contribution in [0.5, 0.6) is 0 Å². The van der Waals surface area contributed by atoms with Crippen molar-refractivity contribution < 1.29 is 9.18 Å². The molecule has 1 aliphatic carbocycles. The van der Waals surface area contributed by atoms with Crippen LogP contribution < -0.4 is 5.32 Å².